The molecule has 164 valence electrons. The largest absolute Gasteiger partial charge is 0.494 e. The topological polar surface area (TPSA) is 124 Å². The van der Waals surface area contributed by atoms with E-state index >= 15 is 0 Å². The second-order valence-electron chi connectivity index (χ2n) is 7.00. The van der Waals surface area contributed by atoms with Crippen LogP contribution in [-0.4, -0.2) is 43.3 Å². The fourth-order valence-electron chi connectivity index (χ4n) is 3.00. The van der Waals surface area contributed by atoms with Gasteiger partial charge in [0.05, 0.1) is 18.1 Å². The number of nitrogens with one attached hydrogen (secondary N) is 2. The third kappa shape index (κ3) is 4.92. The zero-order valence-electron chi connectivity index (χ0n) is 17.7. The Labute approximate surface area is 189 Å². The number of carbonyl (C=O) groups excluding carboxylic acids is 1. The molecule has 32 heavy (non-hydrogen) atoms. The van der Waals surface area contributed by atoms with Crippen LogP contribution in [0, 0.1) is 6.92 Å². The smallest absolute Gasteiger partial charge is 0.234 e. The van der Waals surface area contributed by atoms with Gasteiger partial charge in [-0.3, -0.25) is 9.89 Å². The molecule has 0 bridgehead atoms. The highest BCUT2D eigenvalue weighted by molar-refractivity contribution is 7.99. The Bertz CT molecular complexity index is 1200. The van der Waals surface area contributed by atoms with Crippen molar-refractivity contribution < 1.29 is 9.53 Å². The number of nitrogens with two attached hydrogens (primary N) is 1. The third-order valence-corrected chi connectivity index (χ3v) is 5.56. The van der Waals surface area contributed by atoms with E-state index in [0.29, 0.717) is 29.0 Å². The Morgan fingerprint density at radius 2 is 1.91 bits per heavy atom. The van der Waals surface area contributed by atoms with Gasteiger partial charge in [0.25, 0.3) is 0 Å². The fraction of sp³-hybridized carbons (Fsp3) is 0.182. The molecule has 2 heterocycles. The zero-order chi connectivity index (χ0) is 22.5. The normalized spacial score (nSPS) is 10.8. The van der Waals surface area contributed by atoms with E-state index in [9.17, 15) is 4.79 Å². The maximum atomic E-state index is 12.3. The molecule has 0 aliphatic heterocycles. The number of nitrogens with zero attached hydrogens (tertiary/aromatic N) is 4. The van der Waals surface area contributed by atoms with Crippen molar-refractivity contribution in [2.75, 3.05) is 23.5 Å². The molecule has 0 spiro atoms. The first-order valence-corrected chi connectivity index (χ1v) is 11.0. The van der Waals surface area contributed by atoms with Crippen molar-refractivity contribution in [2.45, 2.75) is 19.0 Å². The molecule has 0 aliphatic carbocycles. The third-order valence-electron chi connectivity index (χ3n) is 4.61. The van der Waals surface area contributed by atoms with E-state index in [2.05, 4.69) is 25.7 Å². The Morgan fingerprint density at radius 1 is 1.16 bits per heavy atom. The van der Waals surface area contributed by atoms with Gasteiger partial charge in [-0.25, -0.2) is 4.68 Å². The van der Waals surface area contributed by atoms with E-state index in [0.717, 1.165) is 17.0 Å². The molecule has 0 fully saturated rings. The van der Waals surface area contributed by atoms with Crippen molar-refractivity contribution in [3.63, 3.8) is 0 Å². The number of aromatic nitrogens is 5. The summed E-state index contributed by atoms with van der Waals surface area (Å²) in [5.74, 6) is 7.32. The average molecular weight is 450 g/mol. The molecule has 2 aromatic carbocycles. The van der Waals surface area contributed by atoms with Crippen LogP contribution in [0.3, 0.4) is 0 Å². The van der Waals surface area contributed by atoms with Crippen LogP contribution >= 0.6 is 11.8 Å². The van der Waals surface area contributed by atoms with Gasteiger partial charge in [-0.2, -0.15) is 5.10 Å². The molecule has 0 saturated carbocycles. The standard InChI is InChI=1S/C22H23N7O2S/c1-3-31-17-10-8-16(9-11-17)24-20(30)13-32-22-28-27-21(29(22)23)19-12-18(25-26-19)15-6-4-14(2)5-7-15/h4-12H,3,13,23H2,1-2H3,(H,24,30)(H,25,26). The van der Waals surface area contributed by atoms with Crippen molar-refractivity contribution in [3.8, 4) is 28.5 Å². The van der Waals surface area contributed by atoms with E-state index in [4.69, 9.17) is 10.6 Å². The lowest BCUT2D eigenvalue weighted by Crippen LogP contribution is -2.16. The Hall–Kier alpha value is -3.79. The molecular weight excluding hydrogens is 426 g/mol. The number of ether oxygens (including phenoxy) is 1. The van der Waals surface area contributed by atoms with Gasteiger partial charge in [-0.15, -0.1) is 10.2 Å². The SMILES string of the molecule is CCOc1ccc(NC(=O)CSc2nnc(-c3cc(-c4ccc(C)cc4)n[nH]3)n2N)cc1. The number of aromatic amines is 1. The predicted octanol–water partition coefficient (Wildman–Crippen LogP) is 3.49. The lowest BCUT2D eigenvalue weighted by molar-refractivity contribution is -0.113. The van der Waals surface area contributed by atoms with Crippen molar-refractivity contribution in [1.29, 1.82) is 0 Å². The van der Waals surface area contributed by atoms with Crippen LogP contribution in [0.5, 0.6) is 5.75 Å². The van der Waals surface area contributed by atoms with Gasteiger partial charge >= 0.3 is 0 Å². The van der Waals surface area contributed by atoms with Gasteiger partial charge in [0.15, 0.2) is 0 Å². The van der Waals surface area contributed by atoms with Crippen molar-refractivity contribution in [3.05, 3.63) is 60.2 Å². The van der Waals surface area contributed by atoms with E-state index in [1.807, 2.05) is 56.3 Å². The second kappa shape index (κ2) is 9.56. The molecular formula is C22H23N7O2S. The van der Waals surface area contributed by atoms with E-state index in [1.54, 1.807) is 12.1 Å². The highest BCUT2D eigenvalue weighted by Gasteiger charge is 2.16. The number of amides is 1. The molecule has 4 N–H and O–H groups in total. The summed E-state index contributed by atoms with van der Waals surface area (Å²) >= 11 is 1.20. The van der Waals surface area contributed by atoms with Gasteiger partial charge < -0.3 is 15.9 Å². The minimum Gasteiger partial charge on any atom is -0.494 e. The number of aryl methyl sites for hydroxylation is 1. The number of nitrogen functional groups attached to an aromatic ring is 1. The molecule has 0 saturated heterocycles. The highest BCUT2D eigenvalue weighted by Crippen LogP contribution is 2.25. The molecule has 4 rings (SSSR count). The average Bonchev–Trinajstić information content (AvgIpc) is 3.41. The number of benzene rings is 2. The number of thioether (sulfide) groups is 1. The van der Waals surface area contributed by atoms with Crippen molar-refractivity contribution in [1.82, 2.24) is 25.1 Å². The number of anilines is 1. The van der Waals surface area contributed by atoms with Crippen LogP contribution < -0.4 is 15.9 Å². The maximum absolute atomic E-state index is 12.3. The lowest BCUT2D eigenvalue weighted by Gasteiger charge is -2.07. The summed E-state index contributed by atoms with van der Waals surface area (Å²) in [6.07, 6.45) is 0. The van der Waals surface area contributed by atoms with Crippen molar-refractivity contribution in [2.24, 2.45) is 0 Å². The maximum Gasteiger partial charge on any atom is 0.234 e. The van der Waals surface area contributed by atoms with Gasteiger partial charge in [0, 0.05) is 11.3 Å². The predicted molar refractivity (Wildman–Crippen MR) is 125 cm³/mol. The molecule has 0 atom stereocenters. The summed E-state index contributed by atoms with van der Waals surface area (Å²) in [7, 11) is 0. The van der Waals surface area contributed by atoms with E-state index in [1.165, 1.54) is 22.0 Å². The zero-order valence-corrected chi connectivity index (χ0v) is 18.5. The van der Waals surface area contributed by atoms with Crippen molar-refractivity contribution >= 4 is 23.4 Å². The summed E-state index contributed by atoms with van der Waals surface area (Å²) in [4.78, 5) is 12.3. The Morgan fingerprint density at radius 3 is 2.62 bits per heavy atom. The summed E-state index contributed by atoms with van der Waals surface area (Å²) in [6, 6.07) is 17.1. The first kappa shape index (κ1) is 21.4. The summed E-state index contributed by atoms with van der Waals surface area (Å²) in [5.41, 5.74) is 4.28. The Kier molecular flexibility index (Phi) is 6.41. The molecule has 2 aromatic heterocycles. The van der Waals surface area contributed by atoms with Crippen LogP contribution in [0.1, 0.15) is 12.5 Å². The molecule has 10 heteroatoms. The summed E-state index contributed by atoms with van der Waals surface area (Å²) in [5, 5.41) is 18.8. The van der Waals surface area contributed by atoms with Gasteiger partial charge in [0.2, 0.25) is 16.9 Å². The first-order valence-electron chi connectivity index (χ1n) is 10.0. The van der Waals surface area contributed by atoms with E-state index < -0.39 is 0 Å². The molecule has 9 nitrogen and oxygen atoms in total. The van der Waals surface area contributed by atoms with Crippen LogP contribution in [0.2, 0.25) is 0 Å². The molecule has 4 aromatic rings. The number of carbonyl (C=O) groups is 1. The molecule has 1 amide bonds. The minimum absolute atomic E-state index is 0.139. The Balaban J connectivity index is 1.38. The number of hydrogen-bond acceptors (Lipinski definition) is 7. The first-order chi connectivity index (χ1) is 15.5. The summed E-state index contributed by atoms with van der Waals surface area (Å²) in [6.45, 7) is 4.55. The summed E-state index contributed by atoms with van der Waals surface area (Å²) < 4.78 is 6.75. The monoisotopic (exact) mass is 449 g/mol. The van der Waals surface area contributed by atoms with E-state index in [-0.39, 0.29) is 11.7 Å². The number of H-pyrrole nitrogens is 1. The number of hydrogen-bond donors (Lipinski definition) is 3. The van der Waals surface area contributed by atoms with Crippen LogP contribution in [0.25, 0.3) is 22.8 Å². The fourth-order valence-corrected chi connectivity index (χ4v) is 3.65. The highest BCUT2D eigenvalue weighted by atomic mass is 32.2. The molecule has 0 radical (unpaired) electrons. The van der Waals surface area contributed by atoms with Gasteiger partial charge in [-0.05, 0) is 44.2 Å². The lowest BCUT2D eigenvalue weighted by atomic mass is 10.1. The number of rotatable bonds is 8. The second-order valence-corrected chi connectivity index (χ2v) is 7.95. The quantitative estimate of drug-likeness (QED) is 0.278. The van der Waals surface area contributed by atoms with Crippen LogP contribution in [0.4, 0.5) is 5.69 Å². The van der Waals surface area contributed by atoms with Crippen LogP contribution in [0.15, 0.2) is 59.8 Å². The molecule has 0 unspecified atom stereocenters. The van der Waals surface area contributed by atoms with Gasteiger partial charge in [-0.1, -0.05) is 41.6 Å². The minimum atomic E-state index is -0.174. The molecule has 0 aliphatic rings. The van der Waals surface area contributed by atoms with Gasteiger partial charge in [0.1, 0.15) is 11.4 Å². The van der Waals surface area contributed by atoms with Crippen LogP contribution in [-0.2, 0) is 4.79 Å².